The lowest BCUT2D eigenvalue weighted by Crippen LogP contribution is -2.58. The first-order valence-corrected chi connectivity index (χ1v) is 12.8. The van der Waals surface area contributed by atoms with Gasteiger partial charge in [-0.2, -0.15) is 0 Å². The summed E-state index contributed by atoms with van der Waals surface area (Å²) in [6.07, 6.45) is 8.53. The molecule has 178 valence electrons. The summed E-state index contributed by atoms with van der Waals surface area (Å²) in [6, 6.07) is 11.8. The topological polar surface area (TPSA) is 67.9 Å². The number of nitrogens with zero attached hydrogens (tertiary/aromatic N) is 1. The highest BCUT2D eigenvalue weighted by Gasteiger charge is 2.53. The number of benzene rings is 2. The molecule has 2 fully saturated rings. The van der Waals surface area contributed by atoms with Crippen molar-refractivity contribution in [2.45, 2.75) is 75.9 Å². The van der Waals surface area contributed by atoms with E-state index >= 15 is 0 Å². The summed E-state index contributed by atoms with van der Waals surface area (Å²) in [4.78, 5) is 30.2. The Morgan fingerprint density at radius 1 is 0.912 bits per heavy atom. The van der Waals surface area contributed by atoms with Crippen molar-refractivity contribution >= 4 is 11.8 Å². The van der Waals surface area contributed by atoms with Crippen molar-refractivity contribution in [2.75, 3.05) is 13.2 Å². The Bertz CT molecular complexity index is 1130. The van der Waals surface area contributed by atoms with E-state index in [2.05, 4.69) is 5.32 Å². The quantitative estimate of drug-likeness (QED) is 0.669. The molecule has 2 aliphatic carbocycles. The second-order valence-electron chi connectivity index (χ2n) is 10.2. The van der Waals surface area contributed by atoms with E-state index in [1.54, 1.807) is 0 Å². The van der Waals surface area contributed by atoms with Gasteiger partial charge in [-0.3, -0.25) is 9.59 Å². The van der Waals surface area contributed by atoms with E-state index in [4.69, 9.17) is 9.47 Å². The molecule has 0 spiro atoms. The van der Waals surface area contributed by atoms with Gasteiger partial charge in [-0.05, 0) is 67.5 Å². The fraction of sp³-hybridized carbons (Fsp3) is 0.500. The molecule has 4 aliphatic rings. The van der Waals surface area contributed by atoms with E-state index in [9.17, 15) is 9.59 Å². The largest absolute Gasteiger partial charge is 0.486 e. The smallest absolute Gasteiger partial charge is 0.255 e. The number of fused-ring (bicyclic) bond motifs is 4. The number of carbonyl (C=O) groups excluding carboxylic acids is 2. The van der Waals surface area contributed by atoms with Crippen LogP contribution in [0.3, 0.4) is 0 Å². The molecule has 0 radical (unpaired) electrons. The average Bonchev–Trinajstić information content (AvgIpc) is 3.71. The zero-order valence-electron chi connectivity index (χ0n) is 19.8. The normalized spacial score (nSPS) is 24.5. The monoisotopic (exact) mass is 460 g/mol. The maximum Gasteiger partial charge on any atom is 0.255 e. The number of nitrogens with one attached hydrogen (secondary N) is 1. The van der Waals surface area contributed by atoms with Crippen LogP contribution in [0, 0.1) is 0 Å². The summed E-state index contributed by atoms with van der Waals surface area (Å²) in [5.74, 6) is 1.14. The van der Waals surface area contributed by atoms with Gasteiger partial charge in [-0.25, -0.2) is 0 Å². The number of amides is 2. The first-order valence-electron chi connectivity index (χ1n) is 12.8. The summed E-state index contributed by atoms with van der Waals surface area (Å²) >= 11 is 0. The minimum Gasteiger partial charge on any atom is -0.486 e. The SMILES string of the molecule is CC1(C(=O)NC2CCCCCC2)c2cc3c(cc2-c2ccccc2C(=O)N1C1CC1)OCCO3. The molecule has 2 aromatic carbocycles. The third kappa shape index (κ3) is 3.46. The van der Waals surface area contributed by atoms with E-state index in [0.29, 0.717) is 30.3 Å². The Labute approximate surface area is 200 Å². The maximum absolute atomic E-state index is 14.2. The average molecular weight is 461 g/mol. The van der Waals surface area contributed by atoms with Crippen LogP contribution in [0.4, 0.5) is 0 Å². The van der Waals surface area contributed by atoms with Gasteiger partial charge in [-0.15, -0.1) is 0 Å². The molecular weight excluding hydrogens is 428 g/mol. The molecule has 6 rings (SSSR count). The highest BCUT2D eigenvalue weighted by Crippen LogP contribution is 2.50. The second kappa shape index (κ2) is 8.33. The Morgan fingerprint density at radius 2 is 1.56 bits per heavy atom. The maximum atomic E-state index is 14.2. The molecule has 2 aliphatic heterocycles. The molecular formula is C28H32N2O4. The Kier molecular flexibility index (Phi) is 5.27. The zero-order chi connectivity index (χ0) is 23.3. The first kappa shape index (κ1) is 21.5. The molecule has 1 N–H and O–H groups in total. The molecule has 6 nitrogen and oxygen atoms in total. The Balaban J connectivity index is 1.53. The van der Waals surface area contributed by atoms with E-state index in [1.807, 2.05) is 48.2 Å². The van der Waals surface area contributed by atoms with Crippen LogP contribution in [0.1, 0.15) is 74.2 Å². The van der Waals surface area contributed by atoms with Crippen molar-refractivity contribution in [3.05, 3.63) is 47.5 Å². The molecule has 6 heteroatoms. The molecule has 2 aromatic rings. The number of hydrogen-bond acceptors (Lipinski definition) is 4. The van der Waals surface area contributed by atoms with Crippen molar-refractivity contribution in [1.82, 2.24) is 10.2 Å². The van der Waals surface area contributed by atoms with Crippen molar-refractivity contribution in [3.63, 3.8) is 0 Å². The fourth-order valence-electron chi connectivity index (χ4n) is 5.93. The Hall–Kier alpha value is -3.02. The Morgan fingerprint density at radius 3 is 2.24 bits per heavy atom. The number of hydrogen-bond donors (Lipinski definition) is 1. The summed E-state index contributed by atoms with van der Waals surface area (Å²) in [7, 11) is 0. The van der Waals surface area contributed by atoms with Crippen LogP contribution in [0.2, 0.25) is 0 Å². The molecule has 2 amide bonds. The van der Waals surface area contributed by atoms with Gasteiger partial charge in [0.05, 0.1) is 0 Å². The third-order valence-corrected chi connectivity index (χ3v) is 7.90. The van der Waals surface area contributed by atoms with Crippen molar-refractivity contribution in [1.29, 1.82) is 0 Å². The van der Waals surface area contributed by atoms with Crippen LogP contribution in [-0.4, -0.2) is 42.0 Å². The number of carbonyl (C=O) groups is 2. The van der Waals surface area contributed by atoms with Crippen molar-refractivity contribution < 1.29 is 19.1 Å². The number of ether oxygens (including phenoxy) is 2. The van der Waals surface area contributed by atoms with E-state index in [0.717, 1.165) is 55.2 Å². The molecule has 34 heavy (non-hydrogen) atoms. The standard InChI is InChI=1S/C28H32N2O4/c1-28(27(32)29-18-8-4-2-3-5-9-18)23-17-25-24(33-14-15-34-25)16-22(23)20-10-6-7-11-21(20)26(31)30(28)19-12-13-19/h6-7,10-11,16-19H,2-5,8-9,12-15H2,1H3,(H,29,32). The van der Waals surface area contributed by atoms with Gasteiger partial charge in [0.1, 0.15) is 18.8 Å². The van der Waals surface area contributed by atoms with Gasteiger partial charge in [0.2, 0.25) is 0 Å². The fourth-order valence-corrected chi connectivity index (χ4v) is 5.93. The predicted octanol–water partition coefficient (Wildman–Crippen LogP) is 4.80. The van der Waals surface area contributed by atoms with Crippen LogP contribution in [0.25, 0.3) is 11.1 Å². The first-order chi connectivity index (χ1) is 16.6. The minimum atomic E-state index is -1.14. The summed E-state index contributed by atoms with van der Waals surface area (Å²) in [5, 5.41) is 3.37. The molecule has 0 aromatic heterocycles. The van der Waals surface area contributed by atoms with Crippen LogP contribution in [0.15, 0.2) is 36.4 Å². The summed E-state index contributed by atoms with van der Waals surface area (Å²) in [6.45, 7) is 2.88. The lowest BCUT2D eigenvalue weighted by molar-refractivity contribution is -0.133. The zero-order valence-corrected chi connectivity index (χ0v) is 19.8. The predicted molar refractivity (Wildman–Crippen MR) is 129 cm³/mol. The van der Waals surface area contributed by atoms with Crippen LogP contribution in [-0.2, 0) is 10.3 Å². The molecule has 0 bridgehead atoms. The van der Waals surface area contributed by atoms with Gasteiger partial charge >= 0.3 is 0 Å². The van der Waals surface area contributed by atoms with Crippen molar-refractivity contribution in [2.24, 2.45) is 0 Å². The lowest BCUT2D eigenvalue weighted by atomic mass is 9.83. The molecule has 2 saturated carbocycles. The van der Waals surface area contributed by atoms with Gasteiger partial charge in [0.15, 0.2) is 11.5 Å². The minimum absolute atomic E-state index is 0.0598. The summed E-state index contributed by atoms with van der Waals surface area (Å²) < 4.78 is 11.8. The molecule has 0 saturated heterocycles. The second-order valence-corrected chi connectivity index (χ2v) is 10.2. The lowest BCUT2D eigenvalue weighted by Gasteiger charge is -2.41. The van der Waals surface area contributed by atoms with Crippen LogP contribution >= 0.6 is 0 Å². The van der Waals surface area contributed by atoms with E-state index < -0.39 is 5.54 Å². The van der Waals surface area contributed by atoms with Crippen LogP contribution in [0.5, 0.6) is 11.5 Å². The van der Waals surface area contributed by atoms with Gasteiger partial charge in [-0.1, -0.05) is 43.9 Å². The van der Waals surface area contributed by atoms with Gasteiger partial charge in [0.25, 0.3) is 11.8 Å². The summed E-state index contributed by atoms with van der Waals surface area (Å²) in [5.41, 5.74) is 2.02. The van der Waals surface area contributed by atoms with E-state index in [1.165, 1.54) is 12.8 Å². The highest BCUT2D eigenvalue weighted by molar-refractivity contribution is 6.08. The third-order valence-electron chi connectivity index (χ3n) is 7.90. The van der Waals surface area contributed by atoms with Gasteiger partial charge < -0.3 is 19.7 Å². The number of rotatable bonds is 3. The molecule has 1 unspecified atom stereocenters. The van der Waals surface area contributed by atoms with Crippen molar-refractivity contribution in [3.8, 4) is 22.6 Å². The molecule has 2 heterocycles. The van der Waals surface area contributed by atoms with Gasteiger partial charge in [0, 0.05) is 17.6 Å². The highest BCUT2D eigenvalue weighted by atomic mass is 16.6. The van der Waals surface area contributed by atoms with Crippen LogP contribution < -0.4 is 14.8 Å². The van der Waals surface area contributed by atoms with E-state index in [-0.39, 0.29) is 23.9 Å². The molecule has 1 atom stereocenters.